The first kappa shape index (κ1) is 17.4. The minimum atomic E-state index is -0.0703. The number of halogens is 1. The van der Waals surface area contributed by atoms with Crippen molar-refractivity contribution in [3.8, 4) is 11.4 Å². The van der Waals surface area contributed by atoms with E-state index in [1.165, 1.54) is 0 Å². The molecule has 5 nitrogen and oxygen atoms in total. The molecule has 1 aromatic heterocycles. The minimum absolute atomic E-state index is 0.0703. The molecule has 0 bridgehead atoms. The van der Waals surface area contributed by atoms with E-state index in [-0.39, 0.29) is 12.5 Å². The molecule has 0 unspecified atom stereocenters. The van der Waals surface area contributed by atoms with Crippen molar-refractivity contribution in [3.63, 3.8) is 0 Å². The number of aryl methyl sites for hydroxylation is 1. The molecular weight excluding hydrogens is 382 g/mol. The van der Waals surface area contributed by atoms with Gasteiger partial charge in [-0.15, -0.1) is 0 Å². The average Bonchev–Trinajstić information content (AvgIpc) is 3.08. The highest BCUT2D eigenvalue weighted by molar-refractivity contribution is 9.10. The van der Waals surface area contributed by atoms with Gasteiger partial charge in [0.05, 0.1) is 0 Å². The van der Waals surface area contributed by atoms with E-state index in [9.17, 15) is 4.79 Å². The topological polar surface area (TPSA) is 59.2 Å². The van der Waals surface area contributed by atoms with Crippen molar-refractivity contribution in [2.45, 2.75) is 20.4 Å². The Morgan fingerprint density at radius 3 is 2.72 bits per heavy atom. The monoisotopic (exact) mass is 399 g/mol. The summed E-state index contributed by atoms with van der Waals surface area (Å²) in [5, 5.41) is 4.03. The zero-order chi connectivity index (χ0) is 17.8. The highest BCUT2D eigenvalue weighted by Gasteiger charge is 2.18. The molecule has 1 heterocycles. The minimum Gasteiger partial charge on any atom is -0.337 e. The molecule has 3 aromatic rings. The van der Waals surface area contributed by atoms with Crippen molar-refractivity contribution < 1.29 is 9.32 Å². The Hall–Kier alpha value is -2.47. The van der Waals surface area contributed by atoms with Gasteiger partial charge >= 0.3 is 0 Å². The van der Waals surface area contributed by atoms with Crippen LogP contribution in [0.4, 0.5) is 0 Å². The smallest absolute Gasteiger partial charge is 0.254 e. The standard InChI is InChI=1S/C19H18BrN3O2/c1-3-23(19(24)15-8-5-9-16(20)11-15)12-17-21-18(22-25-17)14-7-4-6-13(2)10-14/h4-11H,3,12H2,1-2H3. The summed E-state index contributed by atoms with van der Waals surface area (Å²) < 4.78 is 6.21. The molecule has 6 heteroatoms. The Kier molecular flexibility index (Phi) is 5.28. The number of carbonyl (C=O) groups excluding carboxylic acids is 1. The third kappa shape index (κ3) is 4.14. The predicted molar refractivity (Wildman–Crippen MR) is 99.0 cm³/mol. The molecule has 25 heavy (non-hydrogen) atoms. The van der Waals surface area contributed by atoms with E-state index in [0.717, 1.165) is 15.6 Å². The van der Waals surface area contributed by atoms with E-state index in [1.54, 1.807) is 17.0 Å². The average molecular weight is 400 g/mol. The molecule has 0 saturated heterocycles. The number of hydrogen-bond acceptors (Lipinski definition) is 4. The normalized spacial score (nSPS) is 10.7. The summed E-state index contributed by atoms with van der Waals surface area (Å²) >= 11 is 3.39. The maximum Gasteiger partial charge on any atom is 0.254 e. The molecule has 0 aliphatic rings. The Morgan fingerprint density at radius 1 is 1.20 bits per heavy atom. The zero-order valence-corrected chi connectivity index (χ0v) is 15.7. The SMILES string of the molecule is CCN(Cc1nc(-c2cccc(C)c2)no1)C(=O)c1cccc(Br)c1. The predicted octanol–water partition coefficient (Wildman–Crippen LogP) is 4.47. The molecule has 0 N–H and O–H groups in total. The fourth-order valence-electron chi connectivity index (χ4n) is 2.52. The van der Waals surface area contributed by atoms with Crippen LogP contribution < -0.4 is 0 Å². The number of nitrogens with zero attached hydrogens (tertiary/aromatic N) is 3. The van der Waals surface area contributed by atoms with Gasteiger partial charge < -0.3 is 9.42 Å². The second kappa shape index (κ2) is 7.61. The van der Waals surface area contributed by atoms with Gasteiger partial charge in [-0.1, -0.05) is 50.9 Å². The van der Waals surface area contributed by atoms with Crippen molar-refractivity contribution in [1.29, 1.82) is 0 Å². The first-order valence-corrected chi connectivity index (χ1v) is 8.80. The summed E-state index contributed by atoms with van der Waals surface area (Å²) in [7, 11) is 0. The molecule has 128 valence electrons. The second-order valence-electron chi connectivity index (χ2n) is 5.71. The summed E-state index contributed by atoms with van der Waals surface area (Å²) in [6.07, 6.45) is 0. The van der Waals surface area contributed by atoms with Crippen LogP contribution in [-0.4, -0.2) is 27.5 Å². The number of hydrogen-bond donors (Lipinski definition) is 0. The summed E-state index contributed by atoms with van der Waals surface area (Å²) in [4.78, 5) is 18.8. The first-order chi connectivity index (χ1) is 12.1. The van der Waals surface area contributed by atoms with E-state index in [0.29, 0.717) is 23.8 Å². The zero-order valence-electron chi connectivity index (χ0n) is 14.1. The van der Waals surface area contributed by atoms with Crippen LogP contribution in [0.3, 0.4) is 0 Å². The largest absolute Gasteiger partial charge is 0.337 e. The molecule has 3 rings (SSSR count). The number of amides is 1. The van der Waals surface area contributed by atoms with Gasteiger partial charge in [-0.2, -0.15) is 4.98 Å². The van der Waals surface area contributed by atoms with Gasteiger partial charge in [0, 0.05) is 22.1 Å². The lowest BCUT2D eigenvalue weighted by molar-refractivity contribution is 0.0734. The highest BCUT2D eigenvalue weighted by Crippen LogP contribution is 2.19. The summed E-state index contributed by atoms with van der Waals surface area (Å²) in [6, 6.07) is 15.2. The maximum atomic E-state index is 12.7. The molecule has 0 saturated carbocycles. The number of carbonyl (C=O) groups is 1. The van der Waals surface area contributed by atoms with Crippen molar-refractivity contribution in [3.05, 3.63) is 70.0 Å². The van der Waals surface area contributed by atoms with Crippen LogP contribution in [0, 0.1) is 6.92 Å². The van der Waals surface area contributed by atoms with Gasteiger partial charge in [0.2, 0.25) is 11.7 Å². The molecule has 0 spiro atoms. The van der Waals surface area contributed by atoms with E-state index in [1.807, 2.05) is 50.2 Å². The van der Waals surface area contributed by atoms with Crippen LogP contribution in [0.5, 0.6) is 0 Å². The molecule has 0 aliphatic carbocycles. The molecule has 2 aromatic carbocycles. The van der Waals surface area contributed by atoms with Crippen LogP contribution in [0.1, 0.15) is 28.7 Å². The number of benzene rings is 2. The highest BCUT2D eigenvalue weighted by atomic mass is 79.9. The van der Waals surface area contributed by atoms with Crippen LogP contribution in [0.15, 0.2) is 57.5 Å². The number of aromatic nitrogens is 2. The first-order valence-electron chi connectivity index (χ1n) is 8.01. The fraction of sp³-hybridized carbons (Fsp3) is 0.211. The second-order valence-corrected chi connectivity index (χ2v) is 6.63. The lowest BCUT2D eigenvalue weighted by atomic mass is 10.1. The molecule has 0 atom stereocenters. The third-order valence-corrected chi connectivity index (χ3v) is 4.30. The maximum absolute atomic E-state index is 12.7. The van der Waals surface area contributed by atoms with Crippen LogP contribution in [0.25, 0.3) is 11.4 Å². The van der Waals surface area contributed by atoms with Crippen molar-refractivity contribution in [2.75, 3.05) is 6.54 Å². The number of rotatable bonds is 5. The molecular formula is C19H18BrN3O2. The Bertz CT molecular complexity index is 892. The molecule has 0 fully saturated rings. The van der Waals surface area contributed by atoms with E-state index in [4.69, 9.17) is 4.52 Å². The molecule has 0 radical (unpaired) electrons. The van der Waals surface area contributed by atoms with Crippen molar-refractivity contribution >= 4 is 21.8 Å². The Labute approximate surface area is 154 Å². The Balaban J connectivity index is 1.77. The Morgan fingerprint density at radius 2 is 2.00 bits per heavy atom. The van der Waals surface area contributed by atoms with Crippen LogP contribution >= 0.6 is 15.9 Å². The van der Waals surface area contributed by atoms with E-state index < -0.39 is 0 Å². The lowest BCUT2D eigenvalue weighted by Crippen LogP contribution is -2.30. The summed E-state index contributed by atoms with van der Waals surface area (Å²) in [6.45, 7) is 4.77. The van der Waals surface area contributed by atoms with Gasteiger partial charge in [-0.25, -0.2) is 0 Å². The fourth-order valence-corrected chi connectivity index (χ4v) is 2.91. The molecule has 0 aliphatic heterocycles. The molecule has 1 amide bonds. The van der Waals surface area contributed by atoms with E-state index >= 15 is 0 Å². The van der Waals surface area contributed by atoms with Gasteiger partial charge in [-0.3, -0.25) is 4.79 Å². The van der Waals surface area contributed by atoms with Gasteiger partial charge in [0.15, 0.2) is 0 Å². The third-order valence-electron chi connectivity index (χ3n) is 3.81. The van der Waals surface area contributed by atoms with Crippen LogP contribution in [-0.2, 0) is 6.54 Å². The van der Waals surface area contributed by atoms with Crippen LogP contribution in [0.2, 0.25) is 0 Å². The summed E-state index contributed by atoms with van der Waals surface area (Å²) in [5.74, 6) is 0.880. The summed E-state index contributed by atoms with van der Waals surface area (Å²) in [5.41, 5.74) is 2.65. The van der Waals surface area contributed by atoms with E-state index in [2.05, 4.69) is 26.1 Å². The quantitative estimate of drug-likeness (QED) is 0.634. The van der Waals surface area contributed by atoms with Gasteiger partial charge in [-0.05, 0) is 38.1 Å². The van der Waals surface area contributed by atoms with Gasteiger partial charge in [0.1, 0.15) is 6.54 Å². The van der Waals surface area contributed by atoms with Gasteiger partial charge in [0.25, 0.3) is 5.91 Å². The van der Waals surface area contributed by atoms with Crippen molar-refractivity contribution in [1.82, 2.24) is 15.0 Å². The van der Waals surface area contributed by atoms with Crippen molar-refractivity contribution in [2.24, 2.45) is 0 Å². The lowest BCUT2D eigenvalue weighted by Gasteiger charge is -2.18.